The molecular formula is C45H36F6N2. The van der Waals surface area contributed by atoms with Gasteiger partial charge in [-0.3, -0.25) is 0 Å². The van der Waals surface area contributed by atoms with Crippen LogP contribution < -0.4 is 0 Å². The molecule has 0 aliphatic heterocycles. The van der Waals surface area contributed by atoms with E-state index in [1.165, 1.54) is 12.1 Å². The number of nitrogens with zero attached hydrogens (tertiary/aromatic N) is 2. The average molecular weight is 719 g/mol. The minimum absolute atomic E-state index is 0.0473. The molecule has 8 aromatic rings. The molecule has 2 nitrogen and oxygen atoms in total. The number of halogens is 6. The summed E-state index contributed by atoms with van der Waals surface area (Å²) in [6.07, 6.45) is -4.93. The van der Waals surface area contributed by atoms with Crippen LogP contribution in [0, 0.1) is 17.5 Å². The first-order chi connectivity index (χ1) is 24.9. The third-order valence-corrected chi connectivity index (χ3v) is 10.3. The van der Waals surface area contributed by atoms with Gasteiger partial charge in [0.2, 0.25) is 0 Å². The molecule has 0 saturated carbocycles. The van der Waals surface area contributed by atoms with E-state index in [0.717, 1.165) is 44.8 Å². The maximum Gasteiger partial charge on any atom is 0.420 e. The lowest BCUT2D eigenvalue weighted by atomic mass is 9.86. The highest BCUT2D eigenvalue weighted by Crippen LogP contribution is 2.47. The number of rotatable bonds is 3. The third-order valence-electron chi connectivity index (χ3n) is 10.3. The predicted molar refractivity (Wildman–Crippen MR) is 203 cm³/mol. The highest BCUT2D eigenvalue weighted by atomic mass is 19.4. The van der Waals surface area contributed by atoms with E-state index >= 15 is 17.6 Å². The van der Waals surface area contributed by atoms with Crippen molar-refractivity contribution >= 4 is 43.6 Å². The summed E-state index contributed by atoms with van der Waals surface area (Å²) in [5, 5.41) is 2.97. The molecule has 0 bridgehead atoms. The summed E-state index contributed by atoms with van der Waals surface area (Å²) < 4.78 is 96.1. The van der Waals surface area contributed by atoms with Crippen LogP contribution in [0.1, 0.15) is 58.2 Å². The van der Waals surface area contributed by atoms with Crippen LogP contribution in [0.25, 0.3) is 66.1 Å². The van der Waals surface area contributed by atoms with Crippen molar-refractivity contribution in [1.29, 1.82) is 0 Å². The average Bonchev–Trinajstić information content (AvgIpc) is 3.61. The molecule has 2 aromatic heterocycles. The van der Waals surface area contributed by atoms with Crippen LogP contribution in [0.5, 0.6) is 0 Å². The van der Waals surface area contributed by atoms with Crippen LogP contribution >= 0.6 is 0 Å². The second kappa shape index (κ2) is 11.8. The van der Waals surface area contributed by atoms with Gasteiger partial charge in [-0.05, 0) is 88.2 Å². The van der Waals surface area contributed by atoms with E-state index in [1.807, 2.05) is 60.7 Å². The Hall–Kier alpha value is -5.50. The van der Waals surface area contributed by atoms with Gasteiger partial charge in [-0.1, -0.05) is 90.1 Å². The zero-order valence-corrected chi connectivity index (χ0v) is 30.1. The second-order valence-corrected chi connectivity index (χ2v) is 15.8. The molecule has 0 saturated heterocycles. The fourth-order valence-corrected chi connectivity index (χ4v) is 7.56. The van der Waals surface area contributed by atoms with Gasteiger partial charge in [0.25, 0.3) is 0 Å². The van der Waals surface area contributed by atoms with Crippen molar-refractivity contribution in [2.24, 2.45) is 0 Å². The molecule has 0 atom stereocenters. The van der Waals surface area contributed by atoms with Crippen LogP contribution in [0.15, 0.2) is 109 Å². The number of benzene rings is 6. The maximum absolute atomic E-state index is 16.1. The Balaban J connectivity index is 1.59. The van der Waals surface area contributed by atoms with E-state index in [4.69, 9.17) is 0 Å². The summed E-state index contributed by atoms with van der Waals surface area (Å²) in [4.78, 5) is 0. The van der Waals surface area contributed by atoms with E-state index in [9.17, 15) is 8.78 Å². The SMILES string of the molecule is CC(C)(C)c1ccc2c(c1)c1ccccc1n2-c1cc(-c2ccc(F)c(F)c2F)cc(-n2c3ccccc3c3cc(C(C)(C)C)ccc32)c1C(F)(F)F. The van der Waals surface area contributed by atoms with Gasteiger partial charge in [0.1, 0.15) is 5.56 Å². The summed E-state index contributed by atoms with van der Waals surface area (Å²) in [6.45, 7) is 12.4. The minimum atomic E-state index is -4.93. The van der Waals surface area contributed by atoms with Crippen LogP contribution in [0.2, 0.25) is 0 Å². The molecular weight excluding hydrogens is 682 g/mol. The predicted octanol–water partition coefficient (Wildman–Crippen LogP) is 13.6. The van der Waals surface area contributed by atoms with E-state index in [-0.39, 0.29) is 33.3 Å². The van der Waals surface area contributed by atoms with Crippen molar-refractivity contribution in [2.45, 2.75) is 58.5 Å². The van der Waals surface area contributed by atoms with Gasteiger partial charge in [-0.2, -0.15) is 13.2 Å². The van der Waals surface area contributed by atoms with E-state index in [0.29, 0.717) is 22.1 Å². The Bertz CT molecular complexity index is 2620. The Kier molecular flexibility index (Phi) is 7.67. The molecule has 0 N–H and O–H groups in total. The van der Waals surface area contributed by atoms with Crippen molar-refractivity contribution in [2.75, 3.05) is 0 Å². The first-order valence-corrected chi connectivity index (χ1v) is 17.4. The summed E-state index contributed by atoms with van der Waals surface area (Å²) in [5.41, 5.74) is 1.62. The topological polar surface area (TPSA) is 9.86 Å². The zero-order valence-electron chi connectivity index (χ0n) is 30.1. The smallest absolute Gasteiger partial charge is 0.309 e. The van der Waals surface area contributed by atoms with Gasteiger partial charge in [-0.25, -0.2) is 13.2 Å². The Morgan fingerprint density at radius 1 is 0.453 bits per heavy atom. The van der Waals surface area contributed by atoms with Crippen molar-refractivity contribution in [3.05, 3.63) is 143 Å². The number of aromatic nitrogens is 2. The zero-order chi connectivity index (χ0) is 37.8. The van der Waals surface area contributed by atoms with Crippen LogP contribution in [0.4, 0.5) is 26.3 Å². The second-order valence-electron chi connectivity index (χ2n) is 15.8. The fraction of sp³-hybridized carbons (Fsp3) is 0.200. The quantitative estimate of drug-likeness (QED) is 0.127. The summed E-state index contributed by atoms with van der Waals surface area (Å²) in [5.74, 6) is -4.59. The van der Waals surface area contributed by atoms with Crippen molar-refractivity contribution in [3.63, 3.8) is 0 Å². The van der Waals surface area contributed by atoms with Gasteiger partial charge in [0.05, 0.1) is 33.4 Å². The van der Waals surface area contributed by atoms with Gasteiger partial charge < -0.3 is 9.13 Å². The molecule has 0 spiro atoms. The first kappa shape index (κ1) is 34.6. The van der Waals surface area contributed by atoms with Gasteiger partial charge in [0, 0.05) is 27.1 Å². The third kappa shape index (κ3) is 5.49. The molecule has 6 aromatic carbocycles. The van der Waals surface area contributed by atoms with Gasteiger partial charge >= 0.3 is 6.18 Å². The lowest BCUT2D eigenvalue weighted by Gasteiger charge is -2.24. The van der Waals surface area contributed by atoms with Crippen LogP contribution in [0.3, 0.4) is 0 Å². The molecule has 2 heterocycles. The lowest BCUT2D eigenvalue weighted by molar-refractivity contribution is -0.137. The molecule has 0 aliphatic rings. The number of hydrogen-bond donors (Lipinski definition) is 0. The number of alkyl halides is 3. The Labute approximate surface area is 302 Å². The monoisotopic (exact) mass is 718 g/mol. The summed E-state index contributed by atoms with van der Waals surface area (Å²) in [7, 11) is 0. The molecule has 0 unspecified atom stereocenters. The highest BCUT2D eigenvalue weighted by molar-refractivity contribution is 6.11. The highest BCUT2D eigenvalue weighted by Gasteiger charge is 2.40. The van der Waals surface area contributed by atoms with E-state index in [1.54, 1.807) is 33.4 Å². The molecule has 0 amide bonds. The molecule has 0 radical (unpaired) electrons. The van der Waals surface area contributed by atoms with Gasteiger partial charge in [0.15, 0.2) is 17.5 Å². The van der Waals surface area contributed by atoms with Crippen LogP contribution in [-0.2, 0) is 17.0 Å². The maximum atomic E-state index is 16.1. The van der Waals surface area contributed by atoms with E-state index in [2.05, 4.69) is 41.5 Å². The lowest BCUT2D eigenvalue weighted by Crippen LogP contribution is -2.16. The number of hydrogen-bond acceptors (Lipinski definition) is 0. The standard InChI is InChI=1S/C45H36F6N2/c1-43(2,3)26-15-19-36-31(23-26)29-11-7-9-13-34(29)52(36)38-21-25(28-17-18-33(46)42(48)41(28)47)22-39(40(38)45(49,50)51)53-35-14-10-8-12-30(35)32-24-27(44(4,5)6)16-20-37(32)53/h7-24H,1-6H3. The van der Waals surface area contributed by atoms with Crippen LogP contribution in [-0.4, -0.2) is 9.13 Å². The number of fused-ring (bicyclic) bond motifs is 6. The molecule has 0 fully saturated rings. The summed E-state index contributed by atoms with van der Waals surface area (Å²) in [6, 6.07) is 30.2. The van der Waals surface area contributed by atoms with Gasteiger partial charge in [-0.15, -0.1) is 0 Å². The van der Waals surface area contributed by atoms with Crippen molar-refractivity contribution in [3.8, 4) is 22.5 Å². The largest absolute Gasteiger partial charge is 0.420 e. The van der Waals surface area contributed by atoms with Crippen molar-refractivity contribution in [1.82, 2.24) is 9.13 Å². The molecule has 268 valence electrons. The minimum Gasteiger partial charge on any atom is -0.309 e. The van der Waals surface area contributed by atoms with E-state index < -0.39 is 29.2 Å². The Morgan fingerprint density at radius 2 is 0.887 bits per heavy atom. The normalized spacial score (nSPS) is 12.9. The first-order valence-electron chi connectivity index (χ1n) is 17.4. The molecule has 8 rings (SSSR count). The molecule has 8 heteroatoms. The van der Waals surface area contributed by atoms with Crippen molar-refractivity contribution < 1.29 is 26.3 Å². The molecule has 0 aliphatic carbocycles. The summed E-state index contributed by atoms with van der Waals surface area (Å²) >= 11 is 0. The fourth-order valence-electron chi connectivity index (χ4n) is 7.56. The number of para-hydroxylation sites is 2. The molecule has 53 heavy (non-hydrogen) atoms. The Morgan fingerprint density at radius 3 is 1.32 bits per heavy atom.